The van der Waals surface area contributed by atoms with Crippen LogP contribution >= 0.6 is 0 Å². The van der Waals surface area contributed by atoms with Crippen molar-refractivity contribution >= 4 is 21.9 Å². The summed E-state index contributed by atoms with van der Waals surface area (Å²) < 4.78 is 29.9. The van der Waals surface area contributed by atoms with Crippen molar-refractivity contribution in [3.63, 3.8) is 0 Å². The maximum Gasteiger partial charge on any atom is 0.322 e. The number of hydrogen-bond acceptors (Lipinski definition) is 5. The average molecular weight is 282 g/mol. The molecule has 106 valence electrons. The minimum atomic E-state index is -3.83. The van der Waals surface area contributed by atoms with Crippen LogP contribution in [0.25, 0.3) is 0 Å². The van der Waals surface area contributed by atoms with Crippen molar-refractivity contribution in [2.75, 3.05) is 12.4 Å². The zero-order valence-corrected chi connectivity index (χ0v) is 11.1. The number of carbonyl (C=O) groups excluding carboxylic acids is 1. The summed E-state index contributed by atoms with van der Waals surface area (Å²) in [6.45, 7) is 3.43. The summed E-state index contributed by atoms with van der Waals surface area (Å²) in [6.07, 6.45) is -0.722. The molecule has 1 amide bonds. The molecule has 0 aliphatic rings. The monoisotopic (exact) mass is 282 g/mol. The van der Waals surface area contributed by atoms with Gasteiger partial charge in [-0.15, -0.1) is 0 Å². The number of carboxylic acids is 1. The summed E-state index contributed by atoms with van der Waals surface area (Å²) in [5, 5.41) is 8.73. The lowest BCUT2D eigenvalue weighted by Gasteiger charge is -2.13. The van der Waals surface area contributed by atoms with Crippen molar-refractivity contribution in [2.45, 2.75) is 32.4 Å². The number of rotatable bonds is 9. The first-order valence-electron chi connectivity index (χ1n) is 5.26. The predicted molar refractivity (Wildman–Crippen MR) is 63.2 cm³/mol. The van der Waals surface area contributed by atoms with Crippen LogP contribution in [0, 0.1) is 0 Å². The van der Waals surface area contributed by atoms with Gasteiger partial charge in [-0.25, -0.2) is 13.1 Å². The van der Waals surface area contributed by atoms with E-state index in [1.54, 1.807) is 13.8 Å². The van der Waals surface area contributed by atoms with Crippen LogP contribution < -0.4 is 10.5 Å². The minimum Gasteiger partial charge on any atom is -0.480 e. The highest BCUT2D eigenvalue weighted by molar-refractivity contribution is 7.89. The zero-order valence-electron chi connectivity index (χ0n) is 10.3. The molecule has 0 fully saturated rings. The van der Waals surface area contributed by atoms with Gasteiger partial charge in [0.25, 0.3) is 0 Å². The molecule has 0 saturated carbocycles. The van der Waals surface area contributed by atoms with Gasteiger partial charge in [0, 0.05) is 0 Å². The van der Waals surface area contributed by atoms with Gasteiger partial charge < -0.3 is 15.6 Å². The van der Waals surface area contributed by atoms with E-state index in [4.69, 9.17) is 15.6 Å². The van der Waals surface area contributed by atoms with E-state index in [2.05, 4.69) is 0 Å². The molecule has 0 bridgehead atoms. The third kappa shape index (κ3) is 7.98. The second-order valence-corrected chi connectivity index (χ2v) is 5.79. The Morgan fingerprint density at radius 1 is 1.39 bits per heavy atom. The fraction of sp³-hybridized carbons (Fsp3) is 0.778. The third-order valence-electron chi connectivity index (χ3n) is 1.83. The number of hydrogen-bond donors (Lipinski definition) is 3. The van der Waals surface area contributed by atoms with Crippen molar-refractivity contribution in [1.82, 2.24) is 4.72 Å². The molecule has 1 atom stereocenters. The molecule has 9 heteroatoms. The van der Waals surface area contributed by atoms with E-state index in [-0.39, 0.29) is 18.5 Å². The van der Waals surface area contributed by atoms with Gasteiger partial charge in [-0.2, -0.15) is 0 Å². The first kappa shape index (κ1) is 16.8. The summed E-state index contributed by atoms with van der Waals surface area (Å²) >= 11 is 0. The van der Waals surface area contributed by atoms with E-state index in [1.807, 2.05) is 4.72 Å². The third-order valence-corrected chi connectivity index (χ3v) is 3.18. The molecule has 0 rings (SSSR count). The first-order valence-corrected chi connectivity index (χ1v) is 6.92. The Kier molecular flexibility index (Phi) is 6.81. The van der Waals surface area contributed by atoms with Crippen LogP contribution in [-0.4, -0.2) is 49.9 Å². The highest BCUT2D eigenvalue weighted by Gasteiger charge is 2.25. The second kappa shape index (κ2) is 7.29. The van der Waals surface area contributed by atoms with E-state index < -0.39 is 34.4 Å². The molecule has 0 unspecified atom stereocenters. The largest absolute Gasteiger partial charge is 0.480 e. The lowest BCUT2D eigenvalue weighted by Crippen LogP contribution is -2.44. The maximum absolute atomic E-state index is 11.5. The van der Waals surface area contributed by atoms with Gasteiger partial charge in [0.15, 0.2) is 0 Å². The van der Waals surface area contributed by atoms with E-state index in [9.17, 15) is 18.0 Å². The first-order chi connectivity index (χ1) is 8.14. The molecule has 0 radical (unpaired) electrons. The molecule has 4 N–H and O–H groups in total. The standard InChI is InChI=1S/C9H18N2O6S/c1-6(2)17-3-4-18(15,16)11-7(9(13)14)5-8(10)12/h6-7,11H,3-5H2,1-2H3,(H2,10,12)(H,13,14)/t7-/m1/s1. The van der Waals surface area contributed by atoms with Crippen molar-refractivity contribution in [3.8, 4) is 0 Å². The van der Waals surface area contributed by atoms with E-state index in [0.29, 0.717) is 0 Å². The fourth-order valence-electron chi connectivity index (χ4n) is 1.05. The molecule has 0 aliphatic heterocycles. The van der Waals surface area contributed by atoms with Crippen LogP contribution in [0.4, 0.5) is 0 Å². The quantitative estimate of drug-likeness (QED) is 0.479. The molecule has 8 nitrogen and oxygen atoms in total. The lowest BCUT2D eigenvalue weighted by molar-refractivity contribution is -0.140. The van der Waals surface area contributed by atoms with Crippen molar-refractivity contribution in [2.24, 2.45) is 5.73 Å². The number of nitrogens with two attached hydrogens (primary N) is 1. The Morgan fingerprint density at radius 3 is 2.33 bits per heavy atom. The summed E-state index contributed by atoms with van der Waals surface area (Å²) in [6, 6.07) is -1.55. The van der Waals surface area contributed by atoms with E-state index >= 15 is 0 Å². The van der Waals surface area contributed by atoms with Gasteiger partial charge in [-0.3, -0.25) is 9.59 Å². The number of nitrogens with one attached hydrogen (secondary N) is 1. The van der Waals surface area contributed by atoms with Crippen molar-refractivity contribution in [1.29, 1.82) is 0 Å². The molecule has 0 spiro atoms. The van der Waals surface area contributed by atoms with Crippen LogP contribution in [0.3, 0.4) is 0 Å². The smallest absolute Gasteiger partial charge is 0.322 e. The highest BCUT2D eigenvalue weighted by Crippen LogP contribution is 1.97. The Balaban J connectivity index is 4.42. The van der Waals surface area contributed by atoms with Crippen LogP contribution in [0.2, 0.25) is 0 Å². The molecule has 0 aromatic rings. The van der Waals surface area contributed by atoms with Gasteiger partial charge in [-0.05, 0) is 13.8 Å². The van der Waals surface area contributed by atoms with Crippen LogP contribution in [0.1, 0.15) is 20.3 Å². The number of primary amides is 1. The minimum absolute atomic E-state index is 0.0596. The average Bonchev–Trinajstić information content (AvgIpc) is 2.14. The van der Waals surface area contributed by atoms with Gasteiger partial charge in [-0.1, -0.05) is 0 Å². The Morgan fingerprint density at radius 2 is 1.94 bits per heavy atom. The molecule has 0 aromatic carbocycles. The molecular weight excluding hydrogens is 264 g/mol. The summed E-state index contributed by atoms with van der Waals surface area (Å²) in [5.41, 5.74) is 4.83. The second-order valence-electron chi connectivity index (χ2n) is 3.92. The molecule has 0 aromatic heterocycles. The highest BCUT2D eigenvalue weighted by atomic mass is 32.2. The van der Waals surface area contributed by atoms with Crippen molar-refractivity contribution in [3.05, 3.63) is 0 Å². The van der Waals surface area contributed by atoms with Crippen LogP contribution in [-0.2, 0) is 24.3 Å². The Hall–Kier alpha value is -1.19. The number of ether oxygens (including phenoxy) is 1. The number of sulfonamides is 1. The Labute approximate surface area is 106 Å². The van der Waals surface area contributed by atoms with Gasteiger partial charge in [0.05, 0.1) is 24.9 Å². The van der Waals surface area contributed by atoms with E-state index in [0.717, 1.165) is 0 Å². The van der Waals surface area contributed by atoms with Gasteiger partial charge in [0.1, 0.15) is 6.04 Å². The molecule has 0 saturated heterocycles. The SMILES string of the molecule is CC(C)OCCS(=O)(=O)N[C@H](CC(N)=O)C(=O)O. The van der Waals surface area contributed by atoms with Crippen LogP contribution in [0.5, 0.6) is 0 Å². The number of carbonyl (C=O) groups is 2. The maximum atomic E-state index is 11.5. The number of carboxylic acid groups (broad SMARTS) is 1. The fourth-order valence-corrected chi connectivity index (χ4v) is 2.10. The molecular formula is C9H18N2O6S. The molecule has 0 heterocycles. The van der Waals surface area contributed by atoms with Gasteiger partial charge >= 0.3 is 5.97 Å². The summed E-state index contributed by atoms with van der Waals surface area (Å²) in [4.78, 5) is 21.3. The summed E-state index contributed by atoms with van der Waals surface area (Å²) in [5.74, 6) is -2.74. The van der Waals surface area contributed by atoms with Crippen molar-refractivity contribution < 1.29 is 27.9 Å². The normalized spacial score (nSPS) is 13.5. The number of aliphatic carboxylic acids is 1. The van der Waals surface area contributed by atoms with Crippen LogP contribution in [0.15, 0.2) is 0 Å². The van der Waals surface area contributed by atoms with Gasteiger partial charge in [0.2, 0.25) is 15.9 Å². The molecule has 18 heavy (non-hydrogen) atoms. The molecule has 0 aliphatic carbocycles. The Bertz CT molecular complexity index is 392. The van der Waals surface area contributed by atoms with E-state index in [1.165, 1.54) is 0 Å². The lowest BCUT2D eigenvalue weighted by atomic mass is 10.2. The number of amides is 1. The predicted octanol–water partition coefficient (Wildman–Crippen LogP) is -1.34. The zero-order chi connectivity index (χ0) is 14.3. The topological polar surface area (TPSA) is 136 Å². The summed E-state index contributed by atoms with van der Waals surface area (Å²) in [7, 11) is -3.83.